The van der Waals surface area contributed by atoms with E-state index in [4.69, 9.17) is 0 Å². The molecule has 0 spiro atoms. The van der Waals surface area contributed by atoms with Crippen molar-refractivity contribution in [1.29, 1.82) is 0 Å². The first-order valence-electron chi connectivity index (χ1n) is 10.6. The van der Waals surface area contributed by atoms with Crippen molar-refractivity contribution in [3.8, 4) is 0 Å². The molecule has 0 saturated carbocycles. The fourth-order valence-electron chi connectivity index (χ4n) is 4.68. The molecule has 2 aliphatic heterocycles. The van der Waals surface area contributed by atoms with Gasteiger partial charge in [0.1, 0.15) is 0 Å². The topological polar surface area (TPSA) is 60.5 Å². The van der Waals surface area contributed by atoms with Gasteiger partial charge in [0.25, 0.3) is 0 Å². The quantitative estimate of drug-likeness (QED) is 0.786. The highest BCUT2D eigenvalue weighted by atomic mass is 16.2. The maximum absolute atomic E-state index is 12.8. The predicted octanol–water partition coefficient (Wildman–Crippen LogP) is 2.01. The molecule has 2 N–H and O–H groups in total. The molecule has 3 heterocycles. The van der Waals surface area contributed by atoms with Crippen molar-refractivity contribution in [2.45, 2.75) is 31.3 Å². The maximum Gasteiger partial charge on any atom is 0.236 e. The van der Waals surface area contributed by atoms with Crippen LogP contribution in [-0.4, -0.2) is 60.0 Å². The van der Waals surface area contributed by atoms with Crippen molar-refractivity contribution < 1.29 is 4.79 Å². The number of nitrogens with zero attached hydrogens (tertiary/aromatic N) is 3. The molecular formula is C23H31N5O. The van der Waals surface area contributed by atoms with E-state index >= 15 is 0 Å². The summed E-state index contributed by atoms with van der Waals surface area (Å²) >= 11 is 0. The van der Waals surface area contributed by atoms with Gasteiger partial charge in [0.15, 0.2) is 0 Å². The smallest absolute Gasteiger partial charge is 0.236 e. The summed E-state index contributed by atoms with van der Waals surface area (Å²) in [6, 6.07) is 15.2. The molecule has 6 nitrogen and oxygen atoms in total. The Balaban J connectivity index is 1.27. The van der Waals surface area contributed by atoms with Gasteiger partial charge in [-0.2, -0.15) is 0 Å². The lowest BCUT2D eigenvalue weighted by atomic mass is 9.80. The highest BCUT2D eigenvalue weighted by Crippen LogP contribution is 2.32. The summed E-state index contributed by atoms with van der Waals surface area (Å²) in [6.07, 6.45) is 5.75. The first-order chi connectivity index (χ1) is 14.2. The van der Waals surface area contributed by atoms with Crippen LogP contribution in [0.2, 0.25) is 0 Å². The lowest BCUT2D eigenvalue weighted by molar-refractivity contribution is -0.133. The van der Waals surface area contributed by atoms with E-state index in [9.17, 15) is 4.79 Å². The molecule has 1 amide bonds. The molecule has 6 heteroatoms. The Bertz CT molecular complexity index is 776. The fraction of sp³-hybridized carbons (Fsp3) is 0.478. The number of piperidine rings is 1. The molecule has 0 radical (unpaired) electrons. The number of aromatic nitrogens is 1. The Morgan fingerprint density at radius 2 is 1.97 bits per heavy atom. The second-order valence-corrected chi connectivity index (χ2v) is 8.32. The molecule has 4 rings (SSSR count). The molecule has 2 aromatic rings. The van der Waals surface area contributed by atoms with Gasteiger partial charge in [0.05, 0.1) is 6.54 Å². The molecule has 29 heavy (non-hydrogen) atoms. The zero-order chi connectivity index (χ0) is 20.1. The minimum absolute atomic E-state index is 0.229. The molecular weight excluding hydrogens is 362 g/mol. The zero-order valence-corrected chi connectivity index (χ0v) is 17.1. The van der Waals surface area contributed by atoms with Gasteiger partial charge in [-0.1, -0.05) is 36.4 Å². The number of carbonyl (C=O) groups is 1. The second-order valence-electron chi connectivity index (χ2n) is 8.32. The summed E-state index contributed by atoms with van der Waals surface area (Å²) in [5.74, 6) is 1.31. The van der Waals surface area contributed by atoms with Crippen LogP contribution in [0.25, 0.3) is 0 Å². The van der Waals surface area contributed by atoms with Crippen LogP contribution in [0, 0.1) is 5.92 Å². The first-order valence-corrected chi connectivity index (χ1v) is 10.6. The Morgan fingerprint density at radius 1 is 1.17 bits per heavy atom. The van der Waals surface area contributed by atoms with Crippen LogP contribution in [0.5, 0.6) is 0 Å². The number of rotatable bonds is 6. The van der Waals surface area contributed by atoms with E-state index in [0.29, 0.717) is 24.4 Å². The Kier molecular flexibility index (Phi) is 6.54. The van der Waals surface area contributed by atoms with Crippen LogP contribution in [0.15, 0.2) is 54.9 Å². The molecule has 2 fully saturated rings. The van der Waals surface area contributed by atoms with E-state index in [2.05, 4.69) is 51.1 Å². The fourth-order valence-corrected chi connectivity index (χ4v) is 4.68. The Morgan fingerprint density at radius 3 is 2.69 bits per heavy atom. The number of likely N-dealkylation sites (N-methyl/N-ethyl adjacent to an activating group) is 1. The summed E-state index contributed by atoms with van der Waals surface area (Å²) in [5, 5.41) is 0. The Labute approximate surface area is 173 Å². The Hall–Kier alpha value is -2.28. The van der Waals surface area contributed by atoms with E-state index < -0.39 is 0 Å². The largest absolute Gasteiger partial charge is 0.342 e. The number of carbonyl (C=O) groups excluding carboxylic acids is 1. The van der Waals surface area contributed by atoms with Gasteiger partial charge in [0.2, 0.25) is 5.91 Å². The lowest BCUT2D eigenvalue weighted by Crippen LogP contribution is -2.47. The number of benzene rings is 1. The summed E-state index contributed by atoms with van der Waals surface area (Å²) in [5.41, 5.74) is 9.40. The van der Waals surface area contributed by atoms with Gasteiger partial charge in [0, 0.05) is 50.5 Å². The molecule has 0 bridgehead atoms. The number of hydrogen-bond acceptors (Lipinski definition) is 5. The van der Waals surface area contributed by atoms with E-state index in [1.807, 2.05) is 30.3 Å². The van der Waals surface area contributed by atoms with E-state index in [1.165, 1.54) is 5.56 Å². The number of hydrazine groups is 1. The van der Waals surface area contributed by atoms with Gasteiger partial charge < -0.3 is 4.90 Å². The lowest BCUT2D eigenvalue weighted by Gasteiger charge is -2.37. The normalized spacial score (nSPS) is 22.9. The number of likely N-dealkylation sites (tertiary alicyclic amines) is 1. The minimum atomic E-state index is 0.229. The number of amides is 1. The summed E-state index contributed by atoms with van der Waals surface area (Å²) in [7, 11) is 2.00. The molecule has 2 saturated heterocycles. The van der Waals surface area contributed by atoms with E-state index in [1.54, 1.807) is 6.20 Å². The molecule has 2 aliphatic rings. The zero-order valence-electron chi connectivity index (χ0n) is 17.1. The van der Waals surface area contributed by atoms with Crippen LogP contribution < -0.4 is 10.9 Å². The van der Waals surface area contributed by atoms with Crippen molar-refractivity contribution in [3.63, 3.8) is 0 Å². The van der Waals surface area contributed by atoms with Gasteiger partial charge in [-0.05, 0) is 43.0 Å². The van der Waals surface area contributed by atoms with Crippen LogP contribution in [-0.2, 0) is 11.3 Å². The second kappa shape index (κ2) is 9.48. The number of nitrogens with one attached hydrogen (secondary N) is 2. The third-order valence-corrected chi connectivity index (χ3v) is 6.23. The monoisotopic (exact) mass is 393 g/mol. The van der Waals surface area contributed by atoms with Crippen molar-refractivity contribution >= 4 is 5.91 Å². The van der Waals surface area contributed by atoms with Crippen molar-refractivity contribution in [1.82, 2.24) is 25.6 Å². The van der Waals surface area contributed by atoms with Gasteiger partial charge in [-0.25, -0.2) is 0 Å². The maximum atomic E-state index is 12.8. The predicted molar refractivity (Wildman–Crippen MR) is 114 cm³/mol. The average Bonchev–Trinajstić information content (AvgIpc) is 3.25. The van der Waals surface area contributed by atoms with E-state index in [-0.39, 0.29) is 5.91 Å². The molecule has 1 aromatic carbocycles. The third kappa shape index (κ3) is 5.01. The SMILES string of the molecule is CN(CC(=O)N1CCC(C2NNCC2c2ccccc2)CC1)Cc1cccnc1. The van der Waals surface area contributed by atoms with Gasteiger partial charge >= 0.3 is 0 Å². The van der Waals surface area contributed by atoms with Crippen molar-refractivity contribution in [2.24, 2.45) is 5.92 Å². The van der Waals surface area contributed by atoms with Crippen LogP contribution >= 0.6 is 0 Å². The molecule has 2 unspecified atom stereocenters. The van der Waals surface area contributed by atoms with Crippen LogP contribution in [0.3, 0.4) is 0 Å². The van der Waals surface area contributed by atoms with Crippen LogP contribution in [0.4, 0.5) is 0 Å². The standard InChI is InChI=1S/C23H31N5O/c1-27(16-18-6-5-11-24-14-18)17-22(29)28-12-9-20(10-13-28)23-21(15-25-26-23)19-7-3-2-4-8-19/h2-8,11,14,20-21,23,25-26H,9-10,12-13,15-17H2,1H3. The van der Waals surface area contributed by atoms with Gasteiger partial charge in [-0.15, -0.1) is 0 Å². The highest BCUT2D eigenvalue weighted by molar-refractivity contribution is 5.78. The van der Waals surface area contributed by atoms with Crippen molar-refractivity contribution in [2.75, 3.05) is 33.2 Å². The van der Waals surface area contributed by atoms with Crippen LogP contribution in [0.1, 0.15) is 29.9 Å². The number of pyridine rings is 1. The van der Waals surface area contributed by atoms with Crippen molar-refractivity contribution in [3.05, 3.63) is 66.0 Å². The first kappa shape index (κ1) is 20.0. The molecule has 154 valence electrons. The molecule has 2 atom stereocenters. The summed E-state index contributed by atoms with van der Waals surface area (Å²) < 4.78 is 0. The molecule has 0 aliphatic carbocycles. The van der Waals surface area contributed by atoms with Gasteiger partial charge in [-0.3, -0.25) is 25.5 Å². The third-order valence-electron chi connectivity index (χ3n) is 6.23. The van der Waals surface area contributed by atoms with E-state index in [0.717, 1.165) is 44.6 Å². The number of hydrogen-bond donors (Lipinski definition) is 2. The average molecular weight is 394 g/mol. The minimum Gasteiger partial charge on any atom is -0.342 e. The molecule has 1 aromatic heterocycles. The highest BCUT2D eigenvalue weighted by Gasteiger charge is 2.36. The summed E-state index contributed by atoms with van der Waals surface area (Å²) in [4.78, 5) is 21.0. The summed E-state index contributed by atoms with van der Waals surface area (Å²) in [6.45, 7) is 3.86.